The molecule has 0 bridgehead atoms. The molecule has 2 amide bonds. The summed E-state index contributed by atoms with van der Waals surface area (Å²) in [4.78, 5) is 27.5. The number of aliphatic imine (C=N–C) groups is 1. The maximum absolute atomic E-state index is 12.1. The minimum absolute atomic E-state index is 0. The van der Waals surface area contributed by atoms with Gasteiger partial charge < -0.3 is 10.4 Å². The van der Waals surface area contributed by atoms with Gasteiger partial charge >= 0.3 is 29.6 Å². The van der Waals surface area contributed by atoms with Crippen LogP contribution in [0.15, 0.2) is 4.99 Å². The van der Waals surface area contributed by atoms with Crippen LogP contribution < -0.4 is 40.0 Å². The molecule has 6 heteroatoms. The summed E-state index contributed by atoms with van der Waals surface area (Å²) in [5.41, 5.74) is -1.15. The third-order valence-corrected chi connectivity index (χ3v) is 3.17. The van der Waals surface area contributed by atoms with Crippen molar-refractivity contribution in [3.8, 4) is 0 Å². The number of carbonyl (C=O) groups excluding carboxylic acids is 2. The summed E-state index contributed by atoms with van der Waals surface area (Å²) in [6.45, 7) is 7.98. The van der Waals surface area contributed by atoms with Crippen LogP contribution in [0.2, 0.25) is 0 Å². The molecule has 102 valence electrons. The van der Waals surface area contributed by atoms with Crippen molar-refractivity contribution in [2.75, 3.05) is 0 Å². The molecular weight excluding hydrogens is 255 g/mol. The van der Waals surface area contributed by atoms with Crippen molar-refractivity contribution in [3.05, 3.63) is 0 Å². The van der Waals surface area contributed by atoms with Gasteiger partial charge in [0.2, 0.25) is 5.91 Å². The van der Waals surface area contributed by atoms with Crippen LogP contribution in [0.3, 0.4) is 0 Å². The Hall–Kier alpha value is -0.390. The van der Waals surface area contributed by atoms with Gasteiger partial charge in [-0.25, -0.2) is 4.99 Å². The van der Waals surface area contributed by atoms with Gasteiger partial charge in [-0.2, -0.15) is 0 Å². The number of hydrogen-bond donors (Lipinski definition) is 1. The largest absolute Gasteiger partial charge is 1.00 e. The molecule has 1 aliphatic rings. The van der Waals surface area contributed by atoms with Gasteiger partial charge in [0, 0.05) is 0 Å². The predicted octanol–water partition coefficient (Wildman–Crippen LogP) is -2.17. The molecule has 1 heterocycles. The van der Waals surface area contributed by atoms with E-state index in [1.54, 1.807) is 0 Å². The summed E-state index contributed by atoms with van der Waals surface area (Å²) in [6, 6.07) is -0.839. The first-order valence-corrected chi connectivity index (χ1v) is 6.39. The van der Waals surface area contributed by atoms with Crippen molar-refractivity contribution in [3.63, 3.8) is 0 Å². The van der Waals surface area contributed by atoms with Crippen molar-refractivity contribution >= 4 is 17.8 Å². The fraction of sp³-hybridized carbons (Fsp3) is 0.769. The molecule has 1 N–H and O–H groups in total. The number of amides is 2. The molecule has 0 saturated carbocycles. The van der Waals surface area contributed by atoms with Crippen LogP contribution in [-0.2, 0) is 9.59 Å². The number of nitrogens with zero attached hydrogens (tertiary/aromatic N) is 1. The Kier molecular flexibility index (Phi) is 7.26. The monoisotopic (exact) mass is 276 g/mol. The molecule has 1 atom stereocenters. The molecule has 0 aromatic heterocycles. The second-order valence-electron chi connectivity index (χ2n) is 5.79. The summed E-state index contributed by atoms with van der Waals surface area (Å²) in [7, 11) is 0. The maximum Gasteiger partial charge on any atom is 1.00 e. The summed E-state index contributed by atoms with van der Waals surface area (Å²) in [5, 5.41) is 13.2. The van der Waals surface area contributed by atoms with Crippen LogP contribution in [0.4, 0.5) is 0 Å². The van der Waals surface area contributed by atoms with E-state index in [1.165, 1.54) is 0 Å². The summed E-state index contributed by atoms with van der Waals surface area (Å²) < 4.78 is 0. The number of rotatable bonds is 5. The normalized spacial score (nSPS) is 23.2. The molecule has 1 rings (SSSR count). The minimum atomic E-state index is -1.15. The van der Waals surface area contributed by atoms with Gasteiger partial charge in [-0.05, 0) is 31.1 Å². The average Bonchev–Trinajstić information content (AvgIpc) is 2.21. The van der Waals surface area contributed by atoms with E-state index in [1.807, 2.05) is 27.7 Å². The van der Waals surface area contributed by atoms with Crippen LogP contribution in [0, 0.1) is 17.3 Å². The zero-order chi connectivity index (χ0) is 13.9. The summed E-state index contributed by atoms with van der Waals surface area (Å²) >= 11 is 0. The molecule has 0 spiro atoms. The van der Waals surface area contributed by atoms with E-state index in [2.05, 4.69) is 10.3 Å². The van der Waals surface area contributed by atoms with Crippen LogP contribution in [-0.4, -0.2) is 17.8 Å². The second kappa shape index (κ2) is 7.41. The molecule has 0 fully saturated rings. The van der Waals surface area contributed by atoms with E-state index >= 15 is 0 Å². The van der Waals surface area contributed by atoms with E-state index in [4.69, 9.17) is 0 Å². The van der Waals surface area contributed by atoms with E-state index in [-0.39, 0.29) is 35.5 Å². The van der Waals surface area contributed by atoms with Crippen LogP contribution >= 0.6 is 0 Å². The smallest absolute Gasteiger partial charge is 0.846 e. The molecule has 19 heavy (non-hydrogen) atoms. The van der Waals surface area contributed by atoms with E-state index in [0.29, 0.717) is 18.8 Å². The van der Waals surface area contributed by atoms with Crippen LogP contribution in [0.25, 0.3) is 0 Å². The molecule has 0 aromatic rings. The molecule has 0 radical (unpaired) electrons. The van der Waals surface area contributed by atoms with Gasteiger partial charge in [0.25, 0.3) is 5.91 Å². The Labute approximate surface area is 136 Å². The quantitative estimate of drug-likeness (QED) is 0.458. The Bertz CT molecular complexity index is 380. The Balaban J connectivity index is 0.00000324. The molecule has 0 aromatic carbocycles. The fourth-order valence-electron chi connectivity index (χ4n) is 2.28. The Morgan fingerprint density at radius 2 is 1.79 bits per heavy atom. The van der Waals surface area contributed by atoms with Gasteiger partial charge in [0.15, 0.2) is 0 Å². The van der Waals surface area contributed by atoms with Gasteiger partial charge in [-0.15, -0.1) is 0 Å². The first-order valence-electron chi connectivity index (χ1n) is 6.39. The molecule has 5 nitrogen and oxygen atoms in total. The van der Waals surface area contributed by atoms with E-state index < -0.39 is 23.3 Å². The van der Waals surface area contributed by atoms with Gasteiger partial charge in [0.05, 0.1) is 6.02 Å². The first kappa shape index (κ1) is 18.6. The average molecular weight is 276 g/mol. The van der Waals surface area contributed by atoms with Crippen molar-refractivity contribution in [2.24, 2.45) is 22.2 Å². The zero-order valence-corrected chi connectivity index (χ0v) is 14.4. The molecule has 1 unspecified atom stereocenters. The number of carbonyl (C=O) groups is 2. The van der Waals surface area contributed by atoms with Gasteiger partial charge in [-0.3, -0.25) is 9.59 Å². The zero-order valence-electron chi connectivity index (χ0n) is 12.4. The second-order valence-corrected chi connectivity index (χ2v) is 5.79. The van der Waals surface area contributed by atoms with Crippen molar-refractivity contribution in [1.29, 1.82) is 0 Å². The molecule has 0 aliphatic carbocycles. The Morgan fingerprint density at radius 3 is 2.21 bits per heavy atom. The summed E-state index contributed by atoms with van der Waals surface area (Å²) in [6.07, 6.45) is 1.64. The number of amidine groups is 1. The third kappa shape index (κ3) is 4.58. The third-order valence-electron chi connectivity index (χ3n) is 3.17. The molecule has 0 saturated heterocycles. The first-order chi connectivity index (χ1) is 8.28. The molecular formula is C13H21N2NaO3. The van der Waals surface area contributed by atoms with Gasteiger partial charge in [-0.1, -0.05) is 27.7 Å². The number of hydrogen-bond acceptors (Lipinski definition) is 3. The van der Waals surface area contributed by atoms with Crippen molar-refractivity contribution in [1.82, 2.24) is 5.32 Å². The Morgan fingerprint density at radius 1 is 1.21 bits per heavy atom. The predicted molar refractivity (Wildman–Crippen MR) is 66.5 cm³/mol. The van der Waals surface area contributed by atoms with E-state index in [9.17, 15) is 14.7 Å². The number of nitrogens with one attached hydrogen (secondary N) is 1. The van der Waals surface area contributed by atoms with E-state index in [0.717, 1.165) is 6.42 Å². The maximum atomic E-state index is 12.1. The topological polar surface area (TPSA) is 81.6 Å². The molecule has 1 aliphatic heterocycles. The van der Waals surface area contributed by atoms with Crippen molar-refractivity contribution in [2.45, 2.75) is 47.0 Å². The van der Waals surface area contributed by atoms with Crippen LogP contribution in [0.5, 0.6) is 0 Å². The SMILES string of the molecule is CC(C)CCC1(CC(C)C)C(=O)N=C([O-])NC1=O.[Na+]. The summed E-state index contributed by atoms with van der Waals surface area (Å²) in [5.74, 6) is -0.477. The standard InChI is InChI=1S/C13H22N2O3.Na/c1-8(2)5-6-13(7-9(3)4)10(16)14-12(18)15-11(13)17;/h8-9H,5-7H2,1-4H3,(H2,14,15,16,17,18);/q;+1/p-1. The van der Waals surface area contributed by atoms with Crippen molar-refractivity contribution < 1.29 is 44.3 Å². The fourth-order valence-corrected chi connectivity index (χ4v) is 2.28. The van der Waals surface area contributed by atoms with Gasteiger partial charge in [0.1, 0.15) is 5.41 Å². The van der Waals surface area contributed by atoms with Crippen LogP contribution in [0.1, 0.15) is 47.0 Å². The minimum Gasteiger partial charge on any atom is -0.846 e.